The van der Waals surface area contributed by atoms with E-state index in [9.17, 15) is 4.79 Å². The zero-order valence-electron chi connectivity index (χ0n) is 7.62. The molecular weight excluding hydrogens is 190 g/mol. The first-order valence-corrected chi connectivity index (χ1v) is 4.52. The van der Waals surface area contributed by atoms with E-state index < -0.39 is 0 Å². The van der Waals surface area contributed by atoms with Crippen molar-refractivity contribution in [1.29, 1.82) is 0 Å². The van der Waals surface area contributed by atoms with E-state index in [1.54, 1.807) is 4.68 Å². The third-order valence-electron chi connectivity index (χ3n) is 1.68. The number of alkyl halides is 1. The van der Waals surface area contributed by atoms with Crippen LogP contribution in [0.15, 0.2) is 12.3 Å². The Bertz CT molecular complexity index is 297. The number of nitrogens with one attached hydrogen (secondary N) is 1. The van der Waals surface area contributed by atoms with Gasteiger partial charge in [-0.3, -0.25) is 9.48 Å². The highest BCUT2D eigenvalue weighted by molar-refractivity contribution is 6.27. The van der Waals surface area contributed by atoms with Crippen LogP contribution in [-0.2, 0) is 11.8 Å². The lowest BCUT2D eigenvalue weighted by Crippen LogP contribution is -2.27. The average molecular weight is 202 g/mol. The first-order chi connectivity index (χ1) is 6.13. The first kappa shape index (κ1) is 10.1. The molecular formula is C8H12ClN3O. The minimum atomic E-state index is -0.181. The van der Waals surface area contributed by atoms with E-state index in [4.69, 9.17) is 11.6 Å². The molecule has 0 spiro atoms. The molecule has 72 valence electrons. The number of amides is 1. The highest BCUT2D eigenvalue weighted by atomic mass is 35.5. The minimum absolute atomic E-state index is 0.0167. The molecule has 13 heavy (non-hydrogen) atoms. The van der Waals surface area contributed by atoms with Gasteiger partial charge in [0.25, 0.3) is 0 Å². The van der Waals surface area contributed by atoms with E-state index >= 15 is 0 Å². The van der Waals surface area contributed by atoms with Crippen LogP contribution >= 0.6 is 11.6 Å². The molecule has 0 radical (unpaired) electrons. The summed E-state index contributed by atoms with van der Waals surface area (Å²) >= 11 is 5.35. The van der Waals surface area contributed by atoms with Crippen molar-refractivity contribution < 1.29 is 4.79 Å². The Morgan fingerprint density at radius 1 is 1.85 bits per heavy atom. The predicted molar refractivity (Wildman–Crippen MR) is 50.5 cm³/mol. The summed E-state index contributed by atoms with van der Waals surface area (Å²) < 4.78 is 1.69. The second kappa shape index (κ2) is 4.28. The van der Waals surface area contributed by atoms with Gasteiger partial charge in [-0.25, -0.2) is 0 Å². The van der Waals surface area contributed by atoms with Crippen LogP contribution in [0.1, 0.15) is 18.7 Å². The average Bonchev–Trinajstić information content (AvgIpc) is 2.51. The van der Waals surface area contributed by atoms with Crippen LogP contribution in [0.3, 0.4) is 0 Å². The Morgan fingerprint density at radius 3 is 3.00 bits per heavy atom. The van der Waals surface area contributed by atoms with Gasteiger partial charge in [-0.15, -0.1) is 11.6 Å². The van der Waals surface area contributed by atoms with Gasteiger partial charge in [-0.05, 0) is 13.0 Å². The molecule has 0 aliphatic carbocycles. The van der Waals surface area contributed by atoms with Crippen LogP contribution in [0.25, 0.3) is 0 Å². The molecule has 1 N–H and O–H groups in total. The molecule has 1 aromatic rings. The van der Waals surface area contributed by atoms with Gasteiger partial charge in [0.1, 0.15) is 5.88 Å². The Kier molecular flexibility index (Phi) is 3.31. The molecule has 0 aromatic carbocycles. The highest BCUT2D eigenvalue weighted by Gasteiger charge is 2.10. The Balaban J connectivity index is 2.58. The number of carbonyl (C=O) groups is 1. The van der Waals surface area contributed by atoms with Crippen LogP contribution in [-0.4, -0.2) is 21.6 Å². The van der Waals surface area contributed by atoms with E-state index in [2.05, 4.69) is 10.4 Å². The summed E-state index contributed by atoms with van der Waals surface area (Å²) in [6.07, 6.45) is 1.83. The molecule has 0 aliphatic heterocycles. The molecule has 0 bridgehead atoms. The maximum atomic E-state index is 10.9. The van der Waals surface area contributed by atoms with E-state index in [0.29, 0.717) is 0 Å². The molecule has 0 unspecified atom stereocenters. The molecule has 1 amide bonds. The van der Waals surface area contributed by atoms with Gasteiger partial charge >= 0.3 is 0 Å². The Morgan fingerprint density at radius 2 is 2.54 bits per heavy atom. The lowest BCUT2D eigenvalue weighted by molar-refractivity contribution is -0.119. The summed E-state index contributed by atoms with van der Waals surface area (Å²) in [6, 6.07) is 1.77. The largest absolute Gasteiger partial charge is 0.347 e. The van der Waals surface area contributed by atoms with Gasteiger partial charge in [0.2, 0.25) is 5.91 Å². The standard InChI is InChI=1S/C8H12ClN3O/c1-6(10-8(13)5-9)7-3-4-12(2)11-7/h3-4,6H,5H2,1-2H3,(H,10,13)/t6-/m0/s1. The topological polar surface area (TPSA) is 46.9 Å². The molecule has 5 heteroatoms. The molecule has 0 saturated heterocycles. The normalized spacial score (nSPS) is 12.5. The smallest absolute Gasteiger partial charge is 0.235 e. The van der Waals surface area contributed by atoms with Crippen molar-refractivity contribution in [2.24, 2.45) is 7.05 Å². The Hall–Kier alpha value is -1.03. The van der Waals surface area contributed by atoms with Crippen molar-refractivity contribution in [1.82, 2.24) is 15.1 Å². The lowest BCUT2D eigenvalue weighted by Gasteiger charge is -2.09. The van der Waals surface area contributed by atoms with E-state index in [1.807, 2.05) is 26.2 Å². The molecule has 1 aromatic heterocycles. The number of halogens is 1. The SMILES string of the molecule is C[C@H](NC(=O)CCl)c1ccn(C)n1. The van der Waals surface area contributed by atoms with Crippen molar-refractivity contribution in [3.05, 3.63) is 18.0 Å². The molecule has 0 fully saturated rings. The van der Waals surface area contributed by atoms with Gasteiger partial charge in [-0.1, -0.05) is 0 Å². The van der Waals surface area contributed by atoms with E-state index in [1.165, 1.54) is 0 Å². The van der Waals surface area contributed by atoms with E-state index in [0.717, 1.165) is 5.69 Å². The molecule has 0 aliphatic rings. The zero-order valence-corrected chi connectivity index (χ0v) is 8.38. The third-order valence-corrected chi connectivity index (χ3v) is 1.92. The van der Waals surface area contributed by atoms with Crippen LogP contribution in [0, 0.1) is 0 Å². The molecule has 4 nitrogen and oxygen atoms in total. The van der Waals surface area contributed by atoms with Gasteiger partial charge in [0, 0.05) is 13.2 Å². The molecule has 0 saturated carbocycles. The fourth-order valence-electron chi connectivity index (χ4n) is 1.02. The second-order valence-electron chi connectivity index (χ2n) is 2.84. The number of aryl methyl sites for hydroxylation is 1. The predicted octanol–water partition coefficient (Wildman–Crippen LogP) is 0.836. The minimum Gasteiger partial charge on any atom is -0.347 e. The van der Waals surface area contributed by atoms with E-state index in [-0.39, 0.29) is 17.8 Å². The second-order valence-corrected chi connectivity index (χ2v) is 3.10. The summed E-state index contributed by atoms with van der Waals surface area (Å²) in [5.74, 6) is -0.197. The van der Waals surface area contributed by atoms with Crippen LogP contribution < -0.4 is 5.32 Å². The number of aromatic nitrogens is 2. The maximum absolute atomic E-state index is 10.9. The zero-order chi connectivity index (χ0) is 9.84. The van der Waals surface area contributed by atoms with Gasteiger partial charge in [0.15, 0.2) is 0 Å². The van der Waals surface area contributed by atoms with Crippen molar-refractivity contribution in [2.45, 2.75) is 13.0 Å². The fraction of sp³-hybridized carbons (Fsp3) is 0.500. The summed E-state index contributed by atoms with van der Waals surface area (Å²) in [4.78, 5) is 10.9. The number of hydrogen-bond donors (Lipinski definition) is 1. The third kappa shape index (κ3) is 2.73. The van der Waals surface area contributed by atoms with Crippen molar-refractivity contribution >= 4 is 17.5 Å². The van der Waals surface area contributed by atoms with Crippen molar-refractivity contribution in [3.8, 4) is 0 Å². The lowest BCUT2D eigenvalue weighted by atomic mass is 10.2. The van der Waals surface area contributed by atoms with Crippen molar-refractivity contribution in [3.63, 3.8) is 0 Å². The molecule has 1 heterocycles. The summed E-state index contributed by atoms with van der Waals surface area (Å²) in [7, 11) is 1.83. The fourth-order valence-corrected chi connectivity index (χ4v) is 1.10. The summed E-state index contributed by atoms with van der Waals surface area (Å²) in [6.45, 7) is 1.87. The molecule has 1 atom stereocenters. The van der Waals surface area contributed by atoms with Gasteiger partial charge < -0.3 is 5.32 Å². The summed E-state index contributed by atoms with van der Waals surface area (Å²) in [5, 5.41) is 6.87. The number of nitrogens with zero attached hydrogens (tertiary/aromatic N) is 2. The number of carbonyl (C=O) groups excluding carboxylic acids is 1. The van der Waals surface area contributed by atoms with Crippen LogP contribution in [0.5, 0.6) is 0 Å². The summed E-state index contributed by atoms with van der Waals surface area (Å²) in [5.41, 5.74) is 0.834. The monoisotopic (exact) mass is 201 g/mol. The highest BCUT2D eigenvalue weighted by Crippen LogP contribution is 2.07. The van der Waals surface area contributed by atoms with Crippen LogP contribution in [0.2, 0.25) is 0 Å². The number of rotatable bonds is 3. The first-order valence-electron chi connectivity index (χ1n) is 3.98. The van der Waals surface area contributed by atoms with Gasteiger partial charge in [-0.2, -0.15) is 5.10 Å². The maximum Gasteiger partial charge on any atom is 0.235 e. The Labute approximate surface area is 81.9 Å². The van der Waals surface area contributed by atoms with Gasteiger partial charge in [0.05, 0.1) is 11.7 Å². The molecule has 1 rings (SSSR count). The van der Waals surface area contributed by atoms with Crippen molar-refractivity contribution in [2.75, 3.05) is 5.88 Å². The quantitative estimate of drug-likeness (QED) is 0.737. The van der Waals surface area contributed by atoms with Crippen LogP contribution in [0.4, 0.5) is 0 Å². The number of hydrogen-bond acceptors (Lipinski definition) is 2.